The number of halogens is 1. The van der Waals surface area contributed by atoms with Gasteiger partial charge < -0.3 is 16.2 Å². The number of allylic oxidation sites excluding steroid dienone is 1. The number of hydrogen-bond acceptors (Lipinski definition) is 5. The highest BCUT2D eigenvalue weighted by Crippen LogP contribution is 2.28. The number of rotatable bonds is 6. The van der Waals surface area contributed by atoms with E-state index in [4.69, 9.17) is 5.73 Å². The van der Waals surface area contributed by atoms with E-state index in [0.29, 0.717) is 17.7 Å². The first-order valence-electron chi connectivity index (χ1n) is 11.7. The quantitative estimate of drug-likeness (QED) is 0.529. The van der Waals surface area contributed by atoms with Gasteiger partial charge in [0.05, 0.1) is 23.3 Å². The van der Waals surface area contributed by atoms with Crippen LogP contribution in [0.3, 0.4) is 0 Å². The zero-order valence-electron chi connectivity index (χ0n) is 20.7. The maximum atomic E-state index is 14.4. The normalized spacial score (nSPS) is 22.4. The summed E-state index contributed by atoms with van der Waals surface area (Å²) in [5.41, 5.74) is 10.3. The van der Waals surface area contributed by atoms with Gasteiger partial charge in [0.2, 0.25) is 0 Å². The Kier molecular flexibility index (Phi) is 7.90. The molecule has 0 aliphatic carbocycles. The lowest BCUT2D eigenvalue weighted by Crippen LogP contribution is -2.54. The molecule has 186 valence electrons. The van der Waals surface area contributed by atoms with Gasteiger partial charge in [-0.2, -0.15) is 0 Å². The van der Waals surface area contributed by atoms with Crippen LogP contribution in [0.15, 0.2) is 42.0 Å². The van der Waals surface area contributed by atoms with E-state index in [2.05, 4.69) is 38.2 Å². The van der Waals surface area contributed by atoms with Crippen molar-refractivity contribution in [1.29, 1.82) is 0 Å². The fraction of sp³-hybridized carbons (Fsp3) is 0.481. The molecule has 2 aromatic carbocycles. The molecule has 0 spiro atoms. The van der Waals surface area contributed by atoms with Crippen molar-refractivity contribution in [2.24, 2.45) is 5.92 Å². The van der Waals surface area contributed by atoms with Crippen LogP contribution < -0.4 is 11.1 Å². The van der Waals surface area contributed by atoms with Crippen molar-refractivity contribution < 1.29 is 17.9 Å². The second-order valence-electron chi connectivity index (χ2n) is 10.8. The summed E-state index contributed by atoms with van der Waals surface area (Å²) >= 11 is 0. The summed E-state index contributed by atoms with van der Waals surface area (Å²) in [5.74, 6) is -1.33. The predicted molar refractivity (Wildman–Crippen MR) is 138 cm³/mol. The van der Waals surface area contributed by atoms with Crippen LogP contribution in [0.2, 0.25) is 0 Å². The van der Waals surface area contributed by atoms with Gasteiger partial charge in [0.25, 0.3) is 0 Å². The fourth-order valence-corrected chi connectivity index (χ4v) is 6.46. The summed E-state index contributed by atoms with van der Waals surface area (Å²) in [6.07, 6.45) is 1.17. The van der Waals surface area contributed by atoms with Crippen molar-refractivity contribution in [1.82, 2.24) is 5.32 Å². The van der Waals surface area contributed by atoms with Gasteiger partial charge in [0.15, 0.2) is 9.84 Å². The molecule has 0 unspecified atom stereocenters. The number of nitrogen functional groups attached to an aromatic ring is 1. The lowest BCUT2D eigenvalue weighted by Gasteiger charge is -2.35. The number of nitrogens with two attached hydrogens (primary N) is 1. The third-order valence-corrected chi connectivity index (χ3v) is 8.12. The van der Waals surface area contributed by atoms with Gasteiger partial charge >= 0.3 is 0 Å². The lowest BCUT2D eigenvalue weighted by atomic mass is 9.86. The monoisotopic (exact) mass is 488 g/mol. The number of anilines is 1. The largest absolute Gasteiger partial charge is 0.396 e. The molecular weight excluding hydrogens is 451 g/mol. The number of nitrogens with one attached hydrogen (secondary N) is 1. The van der Waals surface area contributed by atoms with Gasteiger partial charge in [-0.15, -0.1) is 0 Å². The van der Waals surface area contributed by atoms with Gasteiger partial charge in [0.1, 0.15) is 5.82 Å². The van der Waals surface area contributed by atoms with Crippen molar-refractivity contribution in [3.63, 3.8) is 0 Å². The van der Waals surface area contributed by atoms with E-state index in [1.54, 1.807) is 12.1 Å². The summed E-state index contributed by atoms with van der Waals surface area (Å²) in [6, 6.07) is 10.7. The zero-order chi connectivity index (χ0) is 25.3. The highest BCUT2D eigenvalue weighted by Gasteiger charge is 2.39. The Labute approximate surface area is 203 Å². The second kappa shape index (κ2) is 10.2. The number of aliphatic hydroxyl groups excluding tert-OH is 1. The minimum absolute atomic E-state index is 0.00745. The molecule has 3 rings (SSSR count). The first-order valence-corrected chi connectivity index (χ1v) is 13.5. The third kappa shape index (κ3) is 6.68. The van der Waals surface area contributed by atoms with Gasteiger partial charge in [-0.05, 0) is 54.5 Å². The molecule has 0 radical (unpaired) electrons. The second-order valence-corrected chi connectivity index (χ2v) is 12.9. The Balaban J connectivity index is 1.78. The molecule has 0 saturated carbocycles. The van der Waals surface area contributed by atoms with E-state index in [9.17, 15) is 17.9 Å². The fourth-order valence-electron chi connectivity index (χ4n) is 4.50. The highest BCUT2D eigenvalue weighted by atomic mass is 32.2. The van der Waals surface area contributed by atoms with Gasteiger partial charge in [-0.3, -0.25) is 0 Å². The van der Waals surface area contributed by atoms with Crippen LogP contribution >= 0.6 is 0 Å². The van der Waals surface area contributed by atoms with E-state index < -0.39 is 33.7 Å². The van der Waals surface area contributed by atoms with E-state index in [0.717, 1.165) is 11.1 Å². The number of benzene rings is 2. The summed E-state index contributed by atoms with van der Waals surface area (Å²) in [7, 11) is -3.37. The number of hydrogen-bond donors (Lipinski definition) is 3. The van der Waals surface area contributed by atoms with Crippen LogP contribution in [-0.2, 0) is 28.2 Å². The van der Waals surface area contributed by atoms with Crippen molar-refractivity contribution in [2.45, 2.75) is 65.1 Å². The van der Waals surface area contributed by atoms with Crippen LogP contribution in [0.5, 0.6) is 0 Å². The maximum Gasteiger partial charge on any atom is 0.152 e. The summed E-state index contributed by atoms with van der Waals surface area (Å²) < 4.78 is 39.8. The van der Waals surface area contributed by atoms with Gasteiger partial charge in [0, 0.05) is 24.1 Å². The van der Waals surface area contributed by atoms with E-state index in [1.165, 1.54) is 11.6 Å². The van der Waals surface area contributed by atoms with E-state index in [1.807, 2.05) is 26.0 Å². The van der Waals surface area contributed by atoms with Crippen LogP contribution in [0, 0.1) is 11.7 Å². The molecule has 0 amide bonds. The Hall–Kier alpha value is -2.22. The SMILES string of the molecule is CC(C)=Cc1cc(C[C@@H]2CS(=O)(=O)C[C@H](NCc3cccc(C(C)(C)C)c3)[C@H]2O)cc(F)c1N. The third-order valence-electron chi connectivity index (χ3n) is 6.32. The summed E-state index contributed by atoms with van der Waals surface area (Å²) in [4.78, 5) is 0. The zero-order valence-corrected chi connectivity index (χ0v) is 21.5. The molecule has 2 aromatic rings. The molecule has 0 aromatic heterocycles. The van der Waals surface area contributed by atoms with Crippen LogP contribution in [-0.4, -0.2) is 37.2 Å². The predicted octanol–water partition coefficient (Wildman–Crippen LogP) is 4.24. The molecule has 3 atom stereocenters. The number of aliphatic hydroxyl groups is 1. The van der Waals surface area contributed by atoms with E-state index in [-0.39, 0.29) is 29.0 Å². The summed E-state index contributed by atoms with van der Waals surface area (Å²) in [5, 5.41) is 14.3. The van der Waals surface area contributed by atoms with Crippen LogP contribution in [0.1, 0.15) is 56.9 Å². The Bertz CT molecular complexity index is 1160. The Morgan fingerprint density at radius 3 is 2.53 bits per heavy atom. The molecule has 0 bridgehead atoms. The first kappa shape index (κ1) is 26.4. The lowest BCUT2D eigenvalue weighted by molar-refractivity contribution is 0.0781. The van der Waals surface area contributed by atoms with E-state index >= 15 is 0 Å². The van der Waals surface area contributed by atoms with Crippen molar-refractivity contribution in [2.75, 3.05) is 17.2 Å². The molecule has 1 fully saturated rings. The first-order chi connectivity index (χ1) is 15.7. The van der Waals surface area contributed by atoms with Crippen molar-refractivity contribution in [3.05, 3.63) is 70.0 Å². The number of sulfone groups is 1. The van der Waals surface area contributed by atoms with Gasteiger partial charge in [-0.1, -0.05) is 56.7 Å². The van der Waals surface area contributed by atoms with Crippen LogP contribution in [0.25, 0.3) is 6.08 Å². The molecule has 4 N–H and O–H groups in total. The molecule has 1 aliphatic heterocycles. The molecule has 7 heteroatoms. The Morgan fingerprint density at radius 2 is 1.88 bits per heavy atom. The van der Waals surface area contributed by atoms with Gasteiger partial charge in [-0.25, -0.2) is 12.8 Å². The van der Waals surface area contributed by atoms with Crippen molar-refractivity contribution >= 4 is 21.6 Å². The molecule has 1 heterocycles. The average molecular weight is 489 g/mol. The summed E-state index contributed by atoms with van der Waals surface area (Å²) in [6.45, 7) is 10.7. The molecule has 1 saturated heterocycles. The minimum atomic E-state index is -3.37. The topological polar surface area (TPSA) is 92.4 Å². The van der Waals surface area contributed by atoms with Crippen LogP contribution in [0.4, 0.5) is 10.1 Å². The molecule has 1 aliphatic rings. The smallest absolute Gasteiger partial charge is 0.152 e. The maximum absolute atomic E-state index is 14.4. The Morgan fingerprint density at radius 1 is 1.18 bits per heavy atom. The average Bonchev–Trinajstić information content (AvgIpc) is 2.72. The molecule has 34 heavy (non-hydrogen) atoms. The minimum Gasteiger partial charge on any atom is -0.396 e. The standard InChI is InChI=1S/C27H37FN2O3S/c1-17(2)9-20-10-19(13-23(28)25(20)29)11-21-15-34(32,33)16-24(26(21)31)30-14-18-7-6-8-22(12-18)27(3,4)5/h6-10,12-13,21,24,26,30-31H,11,14-16,29H2,1-5H3/t21-,24+,26+/m1/s1. The highest BCUT2D eigenvalue weighted by molar-refractivity contribution is 7.91. The van der Waals surface area contributed by atoms with Crippen molar-refractivity contribution in [3.8, 4) is 0 Å². The molecule has 5 nitrogen and oxygen atoms in total. The molecular formula is C27H37FN2O3S.